The molecule has 0 unspecified atom stereocenters. The van der Waals surface area contributed by atoms with Crippen molar-refractivity contribution < 1.29 is 4.79 Å². The van der Waals surface area contributed by atoms with Crippen molar-refractivity contribution in [3.8, 4) is 10.6 Å². The number of hydrogen-bond donors (Lipinski definition) is 0. The monoisotopic (exact) mass is 420 g/mol. The third kappa shape index (κ3) is 7.53. The summed E-state index contributed by atoms with van der Waals surface area (Å²) in [5.41, 5.74) is 5.18. The number of hydrogen-bond acceptors (Lipinski definition) is 4. The molecule has 3 nitrogen and oxygen atoms in total. The quantitative estimate of drug-likeness (QED) is 0.309. The van der Waals surface area contributed by atoms with E-state index in [2.05, 4.69) is 47.2 Å². The minimum Gasteiger partial charge on any atom is -0.295 e. The lowest BCUT2D eigenvalue weighted by Gasteiger charge is -1.96. The first-order chi connectivity index (χ1) is 14.5. The van der Waals surface area contributed by atoms with E-state index >= 15 is 0 Å². The van der Waals surface area contributed by atoms with Crippen LogP contribution in [0.1, 0.15) is 56.1 Å². The van der Waals surface area contributed by atoms with E-state index in [4.69, 9.17) is 0 Å². The number of rotatable bonds is 2. The first kappa shape index (κ1) is 25.2. The van der Waals surface area contributed by atoms with Gasteiger partial charge in [-0.1, -0.05) is 75.2 Å². The number of fused-ring (bicyclic) bond motifs is 1. The van der Waals surface area contributed by atoms with Crippen LogP contribution in [-0.2, 0) is 0 Å². The van der Waals surface area contributed by atoms with Crippen LogP contribution >= 0.6 is 11.3 Å². The molecule has 2 aromatic carbocycles. The average molecular weight is 421 g/mol. The second-order valence-electron chi connectivity index (χ2n) is 6.14. The Labute approximate surface area is 184 Å². The van der Waals surface area contributed by atoms with Gasteiger partial charge in [-0.25, -0.2) is 9.97 Å². The normalized spacial score (nSPS) is 9.30. The van der Waals surface area contributed by atoms with Crippen molar-refractivity contribution in [1.29, 1.82) is 0 Å². The van der Waals surface area contributed by atoms with Gasteiger partial charge in [-0.3, -0.25) is 4.79 Å². The van der Waals surface area contributed by atoms with E-state index in [0.29, 0.717) is 0 Å². The van der Waals surface area contributed by atoms with E-state index in [0.717, 1.165) is 26.5 Å². The summed E-state index contributed by atoms with van der Waals surface area (Å²) in [4.78, 5) is 19.6. The molecule has 30 heavy (non-hydrogen) atoms. The van der Waals surface area contributed by atoms with Crippen molar-refractivity contribution in [3.05, 3.63) is 83.6 Å². The smallest absolute Gasteiger partial charge is 0.170 e. The standard InChI is InChI=1S/C13H10N2S.C9H10O.2C2H6/c1-9-4-2-5-10(8-9)13-15-12-11(16-13)6-3-7-14-12;1-7-4-3-5-9(6-7)8(2)10;2*1-2/h2-8H,1H3;3-6H,1-2H3;2*1-2H3. The molecule has 0 saturated heterocycles. The molecule has 0 bridgehead atoms. The average Bonchev–Trinajstić information content (AvgIpc) is 3.21. The highest BCUT2D eigenvalue weighted by Crippen LogP contribution is 2.29. The molecule has 0 N–H and O–H groups in total. The number of pyridine rings is 1. The summed E-state index contributed by atoms with van der Waals surface area (Å²) in [6, 6.07) is 20.0. The van der Waals surface area contributed by atoms with Crippen LogP contribution in [0.4, 0.5) is 0 Å². The Bertz CT molecular complexity index is 1020. The highest BCUT2D eigenvalue weighted by atomic mass is 32.1. The van der Waals surface area contributed by atoms with Gasteiger partial charge in [-0.15, -0.1) is 11.3 Å². The molecule has 0 aliphatic rings. The fraction of sp³-hybridized carbons (Fsp3) is 0.269. The topological polar surface area (TPSA) is 42.9 Å². The van der Waals surface area contributed by atoms with Crippen LogP contribution in [0, 0.1) is 13.8 Å². The van der Waals surface area contributed by atoms with Gasteiger partial charge in [-0.2, -0.15) is 0 Å². The predicted molar refractivity (Wildman–Crippen MR) is 131 cm³/mol. The Kier molecular flexibility index (Phi) is 11.2. The molecule has 0 radical (unpaired) electrons. The molecule has 4 aromatic rings. The van der Waals surface area contributed by atoms with E-state index in [1.54, 1.807) is 24.5 Å². The van der Waals surface area contributed by atoms with E-state index < -0.39 is 0 Å². The molecule has 0 atom stereocenters. The molecule has 0 amide bonds. The van der Waals surface area contributed by atoms with Gasteiger partial charge in [0.2, 0.25) is 0 Å². The van der Waals surface area contributed by atoms with Crippen molar-refractivity contribution in [2.24, 2.45) is 0 Å². The Morgan fingerprint density at radius 1 is 0.833 bits per heavy atom. The van der Waals surface area contributed by atoms with Gasteiger partial charge in [-0.05, 0) is 45.0 Å². The number of carbonyl (C=O) groups is 1. The maximum Gasteiger partial charge on any atom is 0.170 e. The summed E-state index contributed by atoms with van der Waals surface area (Å²) in [6.45, 7) is 13.6. The SMILES string of the molecule is CC.CC.CC(=O)c1cccc(C)c1.Cc1cccc(-c2nc3ncccc3s2)c1. The van der Waals surface area contributed by atoms with Gasteiger partial charge in [0.05, 0.1) is 4.70 Å². The summed E-state index contributed by atoms with van der Waals surface area (Å²) < 4.78 is 1.14. The van der Waals surface area contributed by atoms with Crippen LogP contribution in [0.25, 0.3) is 20.9 Å². The van der Waals surface area contributed by atoms with Gasteiger partial charge in [0.15, 0.2) is 11.4 Å². The fourth-order valence-electron chi connectivity index (χ4n) is 2.53. The molecule has 0 aliphatic carbocycles. The lowest BCUT2D eigenvalue weighted by atomic mass is 10.1. The number of benzene rings is 2. The largest absolute Gasteiger partial charge is 0.295 e. The zero-order valence-electron chi connectivity index (χ0n) is 19.1. The maximum absolute atomic E-state index is 10.8. The van der Waals surface area contributed by atoms with Crippen molar-refractivity contribution in [3.63, 3.8) is 0 Å². The zero-order valence-corrected chi connectivity index (χ0v) is 19.9. The molecule has 0 fully saturated rings. The first-order valence-electron chi connectivity index (χ1n) is 10.4. The molecule has 4 heteroatoms. The van der Waals surface area contributed by atoms with E-state index in [-0.39, 0.29) is 5.78 Å². The fourth-order valence-corrected chi connectivity index (χ4v) is 3.46. The first-order valence-corrected chi connectivity index (χ1v) is 11.2. The van der Waals surface area contributed by atoms with Crippen LogP contribution < -0.4 is 0 Å². The number of aryl methyl sites for hydroxylation is 2. The zero-order chi connectivity index (χ0) is 22.5. The van der Waals surface area contributed by atoms with Gasteiger partial charge in [0.1, 0.15) is 5.01 Å². The lowest BCUT2D eigenvalue weighted by Crippen LogP contribution is -1.90. The number of nitrogens with zero attached hydrogens (tertiary/aromatic N) is 2. The number of Topliss-reactive ketones (excluding diaryl/α,β-unsaturated/α-hetero) is 1. The van der Waals surface area contributed by atoms with Crippen molar-refractivity contribution in [2.75, 3.05) is 0 Å². The molecular weight excluding hydrogens is 388 g/mol. The number of aromatic nitrogens is 2. The highest BCUT2D eigenvalue weighted by Gasteiger charge is 2.06. The molecule has 0 spiro atoms. The van der Waals surface area contributed by atoms with Crippen LogP contribution in [0.3, 0.4) is 0 Å². The Morgan fingerprint density at radius 3 is 2.00 bits per heavy atom. The van der Waals surface area contributed by atoms with Gasteiger partial charge >= 0.3 is 0 Å². The highest BCUT2D eigenvalue weighted by molar-refractivity contribution is 7.21. The van der Waals surface area contributed by atoms with Crippen molar-refractivity contribution >= 4 is 27.5 Å². The molecular formula is C26H32N2OS. The van der Waals surface area contributed by atoms with Gasteiger partial charge in [0.25, 0.3) is 0 Å². The molecule has 4 rings (SSSR count). The summed E-state index contributed by atoms with van der Waals surface area (Å²) in [5.74, 6) is 0.128. The predicted octanol–water partition coefficient (Wildman–Crippen LogP) is 7.92. The number of carbonyl (C=O) groups excluding carboxylic acids is 1. The Morgan fingerprint density at radius 2 is 1.47 bits per heavy atom. The Balaban J connectivity index is 0.000000279. The third-order valence-electron chi connectivity index (χ3n) is 3.85. The van der Waals surface area contributed by atoms with Crippen LogP contribution in [0.5, 0.6) is 0 Å². The second-order valence-corrected chi connectivity index (χ2v) is 7.17. The Hall–Kier alpha value is -2.85. The summed E-state index contributed by atoms with van der Waals surface area (Å²) in [7, 11) is 0. The van der Waals surface area contributed by atoms with Gasteiger partial charge in [0, 0.05) is 17.3 Å². The van der Waals surface area contributed by atoms with E-state index in [1.807, 2.05) is 65.0 Å². The lowest BCUT2D eigenvalue weighted by molar-refractivity contribution is 0.101. The minimum atomic E-state index is 0.128. The van der Waals surface area contributed by atoms with Gasteiger partial charge < -0.3 is 0 Å². The molecule has 2 heterocycles. The van der Waals surface area contributed by atoms with Crippen LogP contribution in [-0.4, -0.2) is 15.8 Å². The van der Waals surface area contributed by atoms with Crippen LogP contribution in [0.2, 0.25) is 0 Å². The third-order valence-corrected chi connectivity index (χ3v) is 4.91. The number of thiazole rings is 1. The minimum absolute atomic E-state index is 0.128. The summed E-state index contributed by atoms with van der Waals surface area (Å²) >= 11 is 1.69. The molecule has 2 aromatic heterocycles. The molecule has 158 valence electrons. The van der Waals surface area contributed by atoms with Crippen molar-refractivity contribution in [1.82, 2.24) is 9.97 Å². The van der Waals surface area contributed by atoms with E-state index in [1.165, 1.54) is 11.1 Å². The maximum atomic E-state index is 10.8. The molecule has 0 aliphatic heterocycles. The summed E-state index contributed by atoms with van der Waals surface area (Å²) in [6.07, 6.45) is 1.78. The van der Waals surface area contributed by atoms with E-state index in [9.17, 15) is 4.79 Å². The number of ketones is 1. The summed E-state index contributed by atoms with van der Waals surface area (Å²) in [5, 5.41) is 1.04. The molecule has 0 saturated carbocycles. The van der Waals surface area contributed by atoms with Crippen LogP contribution in [0.15, 0.2) is 66.9 Å². The van der Waals surface area contributed by atoms with Crippen molar-refractivity contribution in [2.45, 2.75) is 48.5 Å². The second kappa shape index (κ2) is 13.4.